The molecule has 2 amide bonds. The Hall–Kier alpha value is -4.22. The highest BCUT2D eigenvalue weighted by Crippen LogP contribution is 2.42. The maximum absolute atomic E-state index is 11.7. The van der Waals surface area contributed by atoms with Gasteiger partial charge in [-0.1, -0.05) is 53.5 Å². The lowest BCUT2D eigenvalue weighted by Gasteiger charge is -2.32. The summed E-state index contributed by atoms with van der Waals surface area (Å²) in [6, 6.07) is 16.4. The van der Waals surface area contributed by atoms with Crippen LogP contribution in [0.2, 0.25) is 10.0 Å². The molecule has 2 aliphatic rings. The zero-order valence-corrected chi connectivity index (χ0v) is 31.7. The first-order valence-corrected chi connectivity index (χ1v) is 18.5. The number of benzene rings is 2. The Morgan fingerprint density at radius 1 is 0.731 bits per heavy atom. The number of halogens is 2. The lowest BCUT2D eigenvalue weighted by molar-refractivity contribution is -0.130. The summed E-state index contributed by atoms with van der Waals surface area (Å²) in [7, 11) is 3.31. The molecule has 2 saturated heterocycles. The fraction of sp³-hybridized carbons (Fsp3) is 0.400. The summed E-state index contributed by atoms with van der Waals surface area (Å²) in [5.74, 6) is 1.67. The topological polar surface area (TPSA) is 109 Å². The molecule has 4 aromatic rings. The van der Waals surface area contributed by atoms with E-state index >= 15 is 0 Å². The second-order valence-electron chi connectivity index (χ2n) is 13.4. The van der Waals surface area contributed by atoms with Crippen LogP contribution in [0.15, 0.2) is 60.9 Å². The number of nitrogens with one attached hydrogen (secondary N) is 2. The number of likely N-dealkylation sites (tertiary alicyclic amines) is 2. The number of ether oxygens (including phenoxy) is 2. The smallest absolute Gasteiger partial charge is 0.219 e. The minimum Gasteiger partial charge on any atom is -0.496 e. The van der Waals surface area contributed by atoms with Crippen LogP contribution in [-0.2, 0) is 22.7 Å². The summed E-state index contributed by atoms with van der Waals surface area (Å²) in [6.07, 6.45) is 7.22. The van der Waals surface area contributed by atoms with Gasteiger partial charge in [-0.3, -0.25) is 19.6 Å². The largest absolute Gasteiger partial charge is 0.496 e. The predicted octanol–water partition coefficient (Wildman–Crippen LogP) is 7.00. The molecule has 2 aromatic carbocycles. The van der Waals surface area contributed by atoms with Gasteiger partial charge in [0.15, 0.2) is 0 Å². The van der Waals surface area contributed by atoms with Crippen LogP contribution in [0.4, 0.5) is 0 Å². The quantitative estimate of drug-likeness (QED) is 0.169. The molecule has 0 radical (unpaired) electrons. The number of hydrogen-bond donors (Lipinski definition) is 2. The van der Waals surface area contributed by atoms with Gasteiger partial charge in [0.1, 0.15) is 11.5 Å². The molecule has 4 heterocycles. The van der Waals surface area contributed by atoms with Crippen LogP contribution in [0.3, 0.4) is 0 Å². The number of methoxy groups -OCH3 is 2. The molecule has 6 rings (SSSR count). The summed E-state index contributed by atoms with van der Waals surface area (Å²) in [5.41, 5.74) is 6.46. The molecule has 2 aromatic heterocycles. The fourth-order valence-electron chi connectivity index (χ4n) is 7.08. The predicted molar refractivity (Wildman–Crippen MR) is 206 cm³/mol. The van der Waals surface area contributed by atoms with Crippen LogP contribution in [0.25, 0.3) is 33.5 Å². The third-order valence-corrected chi connectivity index (χ3v) is 11.0. The molecule has 0 atom stereocenters. The molecule has 52 heavy (non-hydrogen) atoms. The Labute approximate surface area is 315 Å². The normalized spacial score (nSPS) is 15.5. The second kappa shape index (κ2) is 17.1. The van der Waals surface area contributed by atoms with E-state index < -0.39 is 0 Å². The molecule has 12 heteroatoms. The summed E-state index contributed by atoms with van der Waals surface area (Å²) < 4.78 is 11.6. The molecule has 2 aliphatic heterocycles. The summed E-state index contributed by atoms with van der Waals surface area (Å²) in [4.78, 5) is 36.6. The summed E-state index contributed by atoms with van der Waals surface area (Å²) in [5, 5.41) is 8.24. The Balaban J connectivity index is 1.18. The van der Waals surface area contributed by atoms with Crippen molar-refractivity contribution in [3.8, 4) is 45.0 Å². The third-order valence-electron chi connectivity index (χ3n) is 10.2. The van der Waals surface area contributed by atoms with Crippen LogP contribution in [0.5, 0.6) is 11.5 Å². The molecule has 2 fully saturated rings. The fourth-order valence-corrected chi connectivity index (χ4v) is 7.74. The van der Waals surface area contributed by atoms with Crippen LogP contribution in [0, 0.1) is 0 Å². The molecule has 0 spiro atoms. The van der Waals surface area contributed by atoms with Crippen LogP contribution >= 0.6 is 23.2 Å². The molecule has 10 nitrogen and oxygen atoms in total. The van der Waals surface area contributed by atoms with Crippen molar-refractivity contribution in [1.82, 2.24) is 30.4 Å². The monoisotopic (exact) mass is 744 g/mol. The number of nitrogens with zero attached hydrogens (tertiary/aromatic N) is 4. The standard InChI is InChI=1S/C40H46Cl2N6O4/c1-25(49)47-16-11-30(12-17-47)44-22-28-9-8-27(20-36(28)51-3)40-39(42)34(10-15-43-40)33-7-5-6-32(38(33)41)29-21-37(52-4)35(46-23-29)24-45-31-13-18-48(19-14-31)26(2)50/h5-10,15,20-21,23,30-31,44-45H,11-14,16-19,22,24H2,1-4H3. The number of amides is 2. The van der Waals surface area contributed by atoms with E-state index in [2.05, 4.69) is 15.6 Å². The number of pyridine rings is 2. The van der Waals surface area contributed by atoms with E-state index in [0.29, 0.717) is 46.7 Å². The highest BCUT2D eigenvalue weighted by molar-refractivity contribution is 6.39. The summed E-state index contributed by atoms with van der Waals surface area (Å²) >= 11 is 14.2. The van der Waals surface area contributed by atoms with E-state index in [1.165, 1.54) is 0 Å². The van der Waals surface area contributed by atoms with Gasteiger partial charge in [-0.05, 0) is 43.9 Å². The van der Waals surface area contributed by atoms with Crippen molar-refractivity contribution >= 4 is 35.0 Å². The lowest BCUT2D eigenvalue weighted by atomic mass is 9.98. The van der Waals surface area contributed by atoms with Gasteiger partial charge in [0, 0.05) is 111 Å². The van der Waals surface area contributed by atoms with Crippen molar-refractivity contribution in [2.75, 3.05) is 40.4 Å². The van der Waals surface area contributed by atoms with Gasteiger partial charge in [0.05, 0.1) is 35.7 Å². The molecule has 0 aliphatic carbocycles. The maximum atomic E-state index is 11.7. The average Bonchev–Trinajstić information content (AvgIpc) is 3.17. The number of rotatable bonds is 11. The van der Waals surface area contributed by atoms with Gasteiger partial charge >= 0.3 is 0 Å². The number of carbonyl (C=O) groups is 2. The lowest BCUT2D eigenvalue weighted by Crippen LogP contribution is -2.44. The molecule has 274 valence electrons. The molecule has 0 unspecified atom stereocenters. The van der Waals surface area contributed by atoms with Crippen molar-refractivity contribution in [3.05, 3.63) is 82.2 Å². The van der Waals surface area contributed by atoms with E-state index in [4.69, 9.17) is 37.7 Å². The molecular weight excluding hydrogens is 699 g/mol. The van der Waals surface area contributed by atoms with Crippen LogP contribution in [-0.4, -0.2) is 84.1 Å². The van der Waals surface area contributed by atoms with Gasteiger partial charge in [-0.2, -0.15) is 0 Å². The minimum absolute atomic E-state index is 0.127. The highest BCUT2D eigenvalue weighted by atomic mass is 35.5. The van der Waals surface area contributed by atoms with Gasteiger partial charge in [-0.15, -0.1) is 0 Å². The van der Waals surface area contributed by atoms with Crippen molar-refractivity contribution < 1.29 is 19.1 Å². The zero-order chi connectivity index (χ0) is 36.8. The van der Waals surface area contributed by atoms with Crippen molar-refractivity contribution in [2.24, 2.45) is 0 Å². The van der Waals surface area contributed by atoms with Gasteiger partial charge in [-0.25, -0.2) is 0 Å². The number of hydrogen-bond acceptors (Lipinski definition) is 8. The number of aromatic nitrogens is 2. The van der Waals surface area contributed by atoms with E-state index in [0.717, 1.165) is 96.7 Å². The van der Waals surface area contributed by atoms with Gasteiger partial charge in [0.25, 0.3) is 0 Å². The summed E-state index contributed by atoms with van der Waals surface area (Å²) in [6.45, 7) is 7.53. The molecular formula is C40H46Cl2N6O4. The van der Waals surface area contributed by atoms with Gasteiger partial charge in [0.2, 0.25) is 11.8 Å². The molecule has 2 N–H and O–H groups in total. The minimum atomic E-state index is 0.127. The first-order valence-electron chi connectivity index (χ1n) is 17.8. The van der Waals surface area contributed by atoms with Crippen molar-refractivity contribution in [3.63, 3.8) is 0 Å². The van der Waals surface area contributed by atoms with Crippen LogP contribution < -0.4 is 20.1 Å². The Morgan fingerprint density at radius 2 is 1.31 bits per heavy atom. The maximum Gasteiger partial charge on any atom is 0.219 e. The number of carbonyl (C=O) groups excluding carboxylic acids is 2. The number of piperidine rings is 2. The Kier molecular flexibility index (Phi) is 12.3. The Morgan fingerprint density at radius 3 is 1.92 bits per heavy atom. The van der Waals surface area contributed by atoms with Crippen molar-refractivity contribution in [1.29, 1.82) is 0 Å². The zero-order valence-electron chi connectivity index (χ0n) is 30.2. The Bertz CT molecular complexity index is 1770. The van der Waals surface area contributed by atoms with E-state index in [1.54, 1.807) is 34.3 Å². The molecule has 0 saturated carbocycles. The van der Waals surface area contributed by atoms with Crippen molar-refractivity contribution in [2.45, 2.75) is 64.7 Å². The SMILES string of the molecule is COc1cc(-c2nccc(-c3cccc(-c4cnc(CNC5CCN(C(C)=O)CC5)c(OC)c4)c3Cl)c2Cl)ccc1CNC1CCN(C(C)=O)CC1. The van der Waals surface area contributed by atoms with E-state index in [1.807, 2.05) is 64.5 Å². The highest BCUT2D eigenvalue weighted by Gasteiger charge is 2.23. The third kappa shape index (κ3) is 8.52. The van der Waals surface area contributed by atoms with Crippen LogP contribution in [0.1, 0.15) is 50.8 Å². The first-order chi connectivity index (χ1) is 25.2. The first kappa shape index (κ1) is 37.5. The average molecular weight is 746 g/mol. The van der Waals surface area contributed by atoms with E-state index in [-0.39, 0.29) is 11.8 Å². The molecule has 0 bridgehead atoms. The van der Waals surface area contributed by atoms with Gasteiger partial charge < -0.3 is 29.9 Å². The second-order valence-corrected chi connectivity index (χ2v) is 14.2. The van der Waals surface area contributed by atoms with E-state index in [9.17, 15) is 9.59 Å².